The zero-order valence-electron chi connectivity index (χ0n) is 14.1. The van der Waals surface area contributed by atoms with Gasteiger partial charge in [-0.15, -0.1) is 11.3 Å². The van der Waals surface area contributed by atoms with E-state index in [9.17, 15) is 4.39 Å². The minimum Gasteiger partial charge on any atom is -0.463 e. The fourth-order valence-electron chi connectivity index (χ4n) is 2.21. The lowest BCUT2D eigenvalue weighted by atomic mass is 10.2. The van der Waals surface area contributed by atoms with Gasteiger partial charge in [0, 0.05) is 10.9 Å². The summed E-state index contributed by atoms with van der Waals surface area (Å²) in [5.41, 5.74) is 3.40. The number of benzene rings is 1. The summed E-state index contributed by atoms with van der Waals surface area (Å²) in [6.45, 7) is 8.22. The highest BCUT2D eigenvalue weighted by Crippen LogP contribution is 2.21. The van der Waals surface area contributed by atoms with Gasteiger partial charge in [-0.05, 0) is 50.2 Å². The lowest BCUT2D eigenvalue weighted by Crippen LogP contribution is -2.14. The Labute approximate surface area is 149 Å². The maximum atomic E-state index is 13.2. The SMILES string of the molecule is C=C(C)CN=c1scc(-c2ccc(F)cc2)n1N=C(C)c1ccco1. The third-order valence-corrected chi connectivity index (χ3v) is 4.29. The molecule has 2 aromatic heterocycles. The quantitative estimate of drug-likeness (QED) is 0.483. The first kappa shape index (κ1) is 17.1. The van der Waals surface area contributed by atoms with Crippen LogP contribution in [0.4, 0.5) is 4.39 Å². The molecule has 6 heteroatoms. The van der Waals surface area contributed by atoms with Crippen LogP contribution in [0.25, 0.3) is 11.3 Å². The van der Waals surface area contributed by atoms with Crippen molar-refractivity contribution in [2.45, 2.75) is 13.8 Å². The smallest absolute Gasteiger partial charge is 0.206 e. The van der Waals surface area contributed by atoms with Crippen molar-refractivity contribution < 1.29 is 8.81 Å². The fourth-order valence-corrected chi connectivity index (χ4v) is 3.04. The standard InChI is InChI=1S/C19H18FN3OS/c1-13(2)11-21-19-23(22-14(3)18-5-4-10-24-18)17(12-25-19)15-6-8-16(20)9-7-15/h4-10,12H,1,11H2,2-3H3. The second-order valence-corrected chi connectivity index (χ2v) is 6.49. The van der Waals surface area contributed by atoms with Crippen molar-refractivity contribution in [2.75, 3.05) is 6.54 Å². The van der Waals surface area contributed by atoms with E-state index in [1.165, 1.54) is 23.5 Å². The first-order valence-electron chi connectivity index (χ1n) is 7.75. The van der Waals surface area contributed by atoms with E-state index in [2.05, 4.69) is 16.7 Å². The number of thiazole rings is 1. The Morgan fingerprint density at radius 3 is 2.64 bits per heavy atom. The van der Waals surface area contributed by atoms with E-state index in [1.807, 2.05) is 31.4 Å². The average Bonchev–Trinajstić information content (AvgIpc) is 3.24. The minimum absolute atomic E-state index is 0.270. The highest BCUT2D eigenvalue weighted by Gasteiger charge is 2.10. The van der Waals surface area contributed by atoms with Gasteiger partial charge in [-0.3, -0.25) is 4.99 Å². The second kappa shape index (κ2) is 7.44. The molecular formula is C19H18FN3OS. The van der Waals surface area contributed by atoms with Crippen molar-refractivity contribution in [1.82, 2.24) is 4.68 Å². The molecule has 25 heavy (non-hydrogen) atoms. The Hall–Kier alpha value is -2.73. The van der Waals surface area contributed by atoms with Crippen LogP contribution in [-0.4, -0.2) is 16.9 Å². The van der Waals surface area contributed by atoms with E-state index >= 15 is 0 Å². The van der Waals surface area contributed by atoms with Crippen LogP contribution in [0.15, 0.2) is 74.7 Å². The van der Waals surface area contributed by atoms with Crippen LogP contribution in [-0.2, 0) is 0 Å². The van der Waals surface area contributed by atoms with Crippen LogP contribution in [0.5, 0.6) is 0 Å². The molecule has 128 valence electrons. The molecule has 4 nitrogen and oxygen atoms in total. The zero-order chi connectivity index (χ0) is 17.8. The average molecular weight is 355 g/mol. The van der Waals surface area contributed by atoms with Gasteiger partial charge < -0.3 is 4.42 Å². The molecule has 0 amide bonds. The van der Waals surface area contributed by atoms with Crippen molar-refractivity contribution in [1.29, 1.82) is 0 Å². The lowest BCUT2D eigenvalue weighted by Gasteiger charge is -2.05. The van der Waals surface area contributed by atoms with Gasteiger partial charge in [-0.2, -0.15) is 5.10 Å². The van der Waals surface area contributed by atoms with Gasteiger partial charge in [-0.1, -0.05) is 12.2 Å². The number of furan rings is 1. The van der Waals surface area contributed by atoms with Gasteiger partial charge in [0.2, 0.25) is 4.80 Å². The summed E-state index contributed by atoms with van der Waals surface area (Å²) in [6.07, 6.45) is 1.61. The van der Waals surface area contributed by atoms with Crippen LogP contribution in [0.1, 0.15) is 19.6 Å². The third-order valence-electron chi connectivity index (χ3n) is 3.44. The highest BCUT2D eigenvalue weighted by atomic mass is 32.1. The maximum Gasteiger partial charge on any atom is 0.206 e. The molecule has 0 spiro atoms. The van der Waals surface area contributed by atoms with Crippen LogP contribution < -0.4 is 4.80 Å². The monoisotopic (exact) mass is 355 g/mol. The number of halogens is 1. The fraction of sp³-hybridized carbons (Fsp3) is 0.158. The molecule has 0 aliphatic heterocycles. The molecule has 1 aromatic carbocycles. The van der Waals surface area contributed by atoms with Crippen LogP contribution in [0.2, 0.25) is 0 Å². The molecule has 0 saturated carbocycles. The number of hydrogen-bond acceptors (Lipinski definition) is 4. The summed E-state index contributed by atoms with van der Waals surface area (Å²) >= 11 is 1.48. The third kappa shape index (κ3) is 4.03. The summed E-state index contributed by atoms with van der Waals surface area (Å²) in [4.78, 5) is 5.32. The van der Waals surface area contributed by atoms with Gasteiger partial charge in [0.05, 0.1) is 18.5 Å². The molecule has 0 bridgehead atoms. The summed E-state index contributed by atoms with van der Waals surface area (Å²) in [7, 11) is 0. The van der Waals surface area contributed by atoms with Crippen LogP contribution in [0.3, 0.4) is 0 Å². The molecule has 3 aromatic rings. The zero-order valence-corrected chi connectivity index (χ0v) is 14.9. The first-order chi connectivity index (χ1) is 12.0. The van der Waals surface area contributed by atoms with Gasteiger partial charge in [0.1, 0.15) is 17.3 Å². The summed E-state index contributed by atoms with van der Waals surface area (Å²) in [6, 6.07) is 10.0. The van der Waals surface area contributed by atoms with Gasteiger partial charge in [0.25, 0.3) is 0 Å². The molecule has 3 rings (SSSR count). The minimum atomic E-state index is -0.270. The maximum absolute atomic E-state index is 13.2. The molecule has 0 atom stereocenters. The Bertz CT molecular complexity index is 963. The van der Waals surface area contributed by atoms with Gasteiger partial charge >= 0.3 is 0 Å². The van der Waals surface area contributed by atoms with E-state index in [-0.39, 0.29) is 5.82 Å². The first-order valence-corrected chi connectivity index (χ1v) is 8.63. The van der Waals surface area contributed by atoms with Crippen LogP contribution in [0, 0.1) is 5.82 Å². The van der Waals surface area contributed by atoms with Gasteiger partial charge in [-0.25, -0.2) is 9.07 Å². The molecule has 0 radical (unpaired) electrons. The van der Waals surface area contributed by atoms with E-state index in [1.54, 1.807) is 23.1 Å². The molecule has 0 aliphatic rings. The van der Waals surface area contributed by atoms with E-state index in [0.717, 1.165) is 27.3 Å². The summed E-state index contributed by atoms with van der Waals surface area (Å²) < 4.78 is 20.4. The Balaban J connectivity index is 2.13. The van der Waals surface area contributed by atoms with Crippen molar-refractivity contribution >= 4 is 17.0 Å². The topological polar surface area (TPSA) is 42.8 Å². The molecule has 0 fully saturated rings. The Morgan fingerprint density at radius 1 is 1.24 bits per heavy atom. The number of hydrogen-bond donors (Lipinski definition) is 0. The van der Waals surface area contributed by atoms with Crippen molar-refractivity contribution in [2.24, 2.45) is 10.1 Å². The van der Waals surface area contributed by atoms with Gasteiger partial charge in [0.15, 0.2) is 0 Å². The molecule has 0 unspecified atom stereocenters. The van der Waals surface area contributed by atoms with E-state index < -0.39 is 0 Å². The van der Waals surface area contributed by atoms with E-state index in [4.69, 9.17) is 4.42 Å². The summed E-state index contributed by atoms with van der Waals surface area (Å²) in [5, 5.41) is 6.63. The normalized spacial score (nSPS) is 12.6. The van der Waals surface area contributed by atoms with Crippen LogP contribution >= 0.6 is 11.3 Å². The predicted octanol–water partition coefficient (Wildman–Crippen LogP) is 4.70. The largest absolute Gasteiger partial charge is 0.463 e. The number of nitrogens with zero attached hydrogens (tertiary/aromatic N) is 3. The lowest BCUT2D eigenvalue weighted by molar-refractivity contribution is 0.556. The van der Waals surface area contributed by atoms with E-state index in [0.29, 0.717) is 12.3 Å². The summed E-state index contributed by atoms with van der Waals surface area (Å²) in [5.74, 6) is 0.419. The number of rotatable bonds is 5. The second-order valence-electron chi connectivity index (χ2n) is 5.66. The molecule has 0 saturated heterocycles. The number of aromatic nitrogens is 1. The molecule has 0 N–H and O–H groups in total. The Morgan fingerprint density at radius 2 is 2.00 bits per heavy atom. The highest BCUT2D eigenvalue weighted by molar-refractivity contribution is 7.07. The molecule has 0 aliphatic carbocycles. The Kier molecular flexibility index (Phi) is 5.09. The molecular weight excluding hydrogens is 337 g/mol. The predicted molar refractivity (Wildman–Crippen MR) is 99.3 cm³/mol. The van der Waals surface area contributed by atoms with Crippen molar-refractivity contribution in [3.05, 3.63) is 76.6 Å². The molecule has 2 heterocycles. The van der Waals surface area contributed by atoms with Crippen molar-refractivity contribution in [3.8, 4) is 11.3 Å². The van der Waals surface area contributed by atoms with Crippen molar-refractivity contribution in [3.63, 3.8) is 0 Å².